The molecule has 1 heterocycles. The molecule has 0 N–H and O–H groups in total. The highest BCUT2D eigenvalue weighted by Crippen LogP contribution is 2.03. The van der Waals surface area contributed by atoms with Gasteiger partial charge in [0.15, 0.2) is 0 Å². The van der Waals surface area contributed by atoms with Gasteiger partial charge in [-0.1, -0.05) is 25.6 Å². The lowest BCUT2D eigenvalue weighted by Crippen LogP contribution is -2.27. The molecule has 0 radical (unpaired) electrons. The van der Waals surface area contributed by atoms with Crippen molar-refractivity contribution in [1.29, 1.82) is 0 Å². The summed E-state index contributed by atoms with van der Waals surface area (Å²) in [5.41, 5.74) is 3.62. The van der Waals surface area contributed by atoms with Gasteiger partial charge in [0.1, 0.15) is 20.1 Å². The van der Waals surface area contributed by atoms with Gasteiger partial charge >= 0.3 is 10.2 Å². The minimum absolute atomic E-state index is 0.484. The highest BCUT2D eigenvalue weighted by atomic mass is 32.2. The Morgan fingerprint density at radius 2 is 1.94 bits per heavy atom. The van der Waals surface area contributed by atoms with E-state index >= 15 is 0 Å². The van der Waals surface area contributed by atoms with E-state index in [0.717, 1.165) is 8.28 Å². The topological polar surface area (TPSA) is 55.2 Å². The first kappa shape index (κ1) is 14.0. The van der Waals surface area contributed by atoms with Crippen LogP contribution in [0.4, 0.5) is 0 Å². The minimum atomic E-state index is -3.48. The average molecular weight is 271 g/mol. The van der Waals surface area contributed by atoms with Crippen molar-refractivity contribution >= 4 is 18.3 Å². The molecule has 0 aliphatic carbocycles. The van der Waals surface area contributed by atoms with Crippen molar-refractivity contribution in [3.63, 3.8) is 0 Å². The lowest BCUT2D eigenvalue weighted by molar-refractivity contribution is 0.510. The minimum Gasteiger partial charge on any atom is -0.227 e. The molecule has 0 bridgehead atoms. The fourth-order valence-electron chi connectivity index (χ4n) is 0.937. The summed E-state index contributed by atoms with van der Waals surface area (Å²) >= 11 is 0. The second-order valence-electron chi connectivity index (χ2n) is 4.88. The van der Waals surface area contributed by atoms with E-state index in [1.807, 2.05) is 0 Å². The second-order valence-corrected chi connectivity index (χ2v) is 11.7. The van der Waals surface area contributed by atoms with Crippen LogP contribution >= 0.6 is 0 Å². The Labute approximate surface area is 104 Å². The summed E-state index contributed by atoms with van der Waals surface area (Å²) in [7, 11) is -2.00. The monoisotopic (exact) mass is 271 g/mol. The number of imidazole rings is 1. The summed E-state index contributed by atoms with van der Waals surface area (Å²) in [6.45, 7) is 6.36. The van der Waals surface area contributed by atoms with Gasteiger partial charge in [-0.25, -0.2) is 8.96 Å². The summed E-state index contributed by atoms with van der Waals surface area (Å²) in [4.78, 5) is 3.97. The van der Waals surface area contributed by atoms with Gasteiger partial charge in [-0.05, 0) is 0 Å². The molecule has 7 heteroatoms. The van der Waals surface area contributed by atoms with E-state index in [4.69, 9.17) is 0 Å². The predicted molar refractivity (Wildman–Crippen MR) is 70.5 cm³/mol. The lowest BCUT2D eigenvalue weighted by atomic mass is 10.5. The molecule has 0 spiro atoms. The molecule has 0 aliphatic rings. The van der Waals surface area contributed by atoms with Gasteiger partial charge in [-0.3, -0.25) is 0 Å². The van der Waals surface area contributed by atoms with E-state index in [-0.39, 0.29) is 0 Å². The van der Waals surface area contributed by atoms with Crippen LogP contribution in [0.3, 0.4) is 0 Å². The molecular formula is C10H17N3O2SSi. The Bertz CT molecular complexity index is 558. The van der Waals surface area contributed by atoms with Crippen molar-refractivity contribution in [2.24, 2.45) is 0 Å². The lowest BCUT2D eigenvalue weighted by Gasteiger charge is -2.10. The smallest absolute Gasteiger partial charge is 0.227 e. The Hall–Kier alpha value is -1.10. The average Bonchev–Trinajstić information content (AvgIpc) is 2.62. The summed E-state index contributed by atoms with van der Waals surface area (Å²) < 4.78 is 25.7. The van der Waals surface area contributed by atoms with E-state index in [9.17, 15) is 8.42 Å². The molecule has 0 amide bonds. The number of hydrogen-bond acceptors (Lipinski definition) is 3. The van der Waals surface area contributed by atoms with Crippen LogP contribution in [0.5, 0.6) is 0 Å². The largest absolute Gasteiger partial charge is 0.308 e. The maximum absolute atomic E-state index is 11.8. The fourth-order valence-corrected chi connectivity index (χ4v) is 2.22. The maximum Gasteiger partial charge on any atom is 0.308 e. The number of nitrogens with zero attached hydrogens (tertiary/aromatic N) is 3. The van der Waals surface area contributed by atoms with Crippen molar-refractivity contribution in [3.05, 3.63) is 18.2 Å². The Kier molecular flexibility index (Phi) is 3.81. The molecule has 1 aromatic rings. The molecule has 0 saturated carbocycles. The van der Waals surface area contributed by atoms with Crippen LogP contribution in [0.25, 0.3) is 0 Å². The van der Waals surface area contributed by atoms with Gasteiger partial charge in [0.25, 0.3) is 0 Å². The SMILES string of the molecule is CN(C)S(=O)(=O)n1cnc(C#C[Si](C)(C)C)c1. The van der Waals surface area contributed by atoms with Gasteiger partial charge in [0, 0.05) is 14.1 Å². The number of aromatic nitrogens is 2. The van der Waals surface area contributed by atoms with Crippen LogP contribution in [-0.4, -0.2) is 43.8 Å². The van der Waals surface area contributed by atoms with Crippen molar-refractivity contribution in [2.75, 3.05) is 14.1 Å². The van der Waals surface area contributed by atoms with Crippen LogP contribution in [0.15, 0.2) is 12.5 Å². The molecule has 5 nitrogen and oxygen atoms in total. The molecule has 0 atom stereocenters. The Morgan fingerprint density at radius 1 is 1.35 bits per heavy atom. The Morgan fingerprint density at radius 3 is 2.41 bits per heavy atom. The molecule has 1 rings (SSSR count). The molecule has 1 aromatic heterocycles. The van der Waals surface area contributed by atoms with Gasteiger partial charge in [0.2, 0.25) is 0 Å². The molecule has 0 fully saturated rings. The molecule has 17 heavy (non-hydrogen) atoms. The van der Waals surface area contributed by atoms with E-state index in [0.29, 0.717) is 5.69 Å². The van der Waals surface area contributed by atoms with Gasteiger partial charge in [0.05, 0.1) is 6.20 Å². The standard InChI is InChI=1S/C10H17N3O2SSi/c1-12(2)16(14,15)13-8-10(11-9-13)6-7-17(3,4)5/h8-9H,1-5H3. The van der Waals surface area contributed by atoms with Gasteiger partial charge in [-0.15, -0.1) is 5.54 Å². The van der Waals surface area contributed by atoms with Crippen molar-refractivity contribution in [2.45, 2.75) is 19.6 Å². The van der Waals surface area contributed by atoms with Crippen LogP contribution in [0.1, 0.15) is 5.69 Å². The zero-order valence-electron chi connectivity index (χ0n) is 10.7. The molecule has 0 unspecified atom stereocenters. The second kappa shape index (κ2) is 4.64. The first-order valence-electron chi connectivity index (χ1n) is 5.13. The highest BCUT2D eigenvalue weighted by Gasteiger charge is 2.16. The maximum atomic E-state index is 11.8. The number of hydrogen-bond donors (Lipinski definition) is 0. The van der Waals surface area contributed by atoms with Crippen LogP contribution in [0, 0.1) is 11.5 Å². The van der Waals surface area contributed by atoms with Crippen LogP contribution in [-0.2, 0) is 10.2 Å². The molecule has 0 aromatic carbocycles. The van der Waals surface area contributed by atoms with Crippen molar-refractivity contribution < 1.29 is 8.42 Å². The first-order valence-corrected chi connectivity index (χ1v) is 10.0. The molecule has 0 saturated heterocycles. The summed E-state index contributed by atoms with van der Waals surface area (Å²) in [5.74, 6) is 2.91. The van der Waals surface area contributed by atoms with E-state index in [1.54, 1.807) is 0 Å². The van der Waals surface area contributed by atoms with Crippen LogP contribution < -0.4 is 0 Å². The zero-order chi connectivity index (χ0) is 13.3. The van der Waals surface area contributed by atoms with Gasteiger partial charge < -0.3 is 0 Å². The first-order chi connectivity index (χ1) is 7.63. The zero-order valence-corrected chi connectivity index (χ0v) is 12.5. The quantitative estimate of drug-likeness (QED) is 0.589. The highest BCUT2D eigenvalue weighted by molar-refractivity contribution is 7.87. The predicted octanol–water partition coefficient (Wildman–Crippen LogP) is 0.766. The van der Waals surface area contributed by atoms with Gasteiger partial charge in [-0.2, -0.15) is 12.7 Å². The van der Waals surface area contributed by atoms with Crippen molar-refractivity contribution in [1.82, 2.24) is 13.3 Å². The molecule has 94 valence electrons. The summed E-state index contributed by atoms with van der Waals surface area (Å²) in [6, 6.07) is 0. The van der Waals surface area contributed by atoms with E-state index in [1.165, 1.54) is 26.6 Å². The third kappa shape index (κ3) is 3.69. The summed E-state index contributed by atoms with van der Waals surface area (Å²) in [5, 5.41) is 0. The number of rotatable bonds is 2. The Balaban J connectivity index is 3.05. The van der Waals surface area contributed by atoms with Crippen LogP contribution in [0.2, 0.25) is 19.6 Å². The fraction of sp³-hybridized carbons (Fsp3) is 0.500. The van der Waals surface area contributed by atoms with E-state index < -0.39 is 18.3 Å². The van der Waals surface area contributed by atoms with E-state index in [2.05, 4.69) is 36.1 Å². The normalized spacial score (nSPS) is 12.4. The summed E-state index contributed by atoms with van der Waals surface area (Å²) in [6.07, 6.45) is 2.70. The third-order valence-electron chi connectivity index (χ3n) is 1.85. The third-order valence-corrected chi connectivity index (χ3v) is 4.38. The molecule has 0 aliphatic heterocycles. The molecular weight excluding hydrogens is 254 g/mol. The van der Waals surface area contributed by atoms with Crippen molar-refractivity contribution in [3.8, 4) is 11.5 Å².